The van der Waals surface area contributed by atoms with Crippen molar-refractivity contribution in [1.29, 1.82) is 0 Å². The number of benzene rings is 1. The molecule has 0 aliphatic rings. The predicted octanol–water partition coefficient (Wildman–Crippen LogP) is 4.48. The maximum absolute atomic E-state index is 13.4. The van der Waals surface area contributed by atoms with Gasteiger partial charge in [0, 0.05) is 17.2 Å². The molecule has 1 aromatic carbocycles. The quantitative estimate of drug-likeness (QED) is 0.468. The lowest BCUT2D eigenvalue weighted by molar-refractivity contribution is -0.141. The standard InChI is InChI=1S/C17H13F4NO2/c1-2-24-15(23)9-7-11-6-8-14(17(19,20)21)22-16(11)12-4-3-5-13(18)10-12/h3-10H,2H2,1H3/b9-7+. The highest BCUT2D eigenvalue weighted by atomic mass is 19.4. The second-order valence-corrected chi connectivity index (χ2v) is 4.73. The van der Waals surface area contributed by atoms with Gasteiger partial charge >= 0.3 is 12.1 Å². The summed E-state index contributed by atoms with van der Waals surface area (Å²) < 4.78 is 56.8. The van der Waals surface area contributed by atoms with Crippen LogP contribution in [0.15, 0.2) is 42.5 Å². The van der Waals surface area contributed by atoms with Crippen LogP contribution < -0.4 is 0 Å². The van der Waals surface area contributed by atoms with Gasteiger partial charge in [-0.05, 0) is 31.2 Å². The lowest BCUT2D eigenvalue weighted by Crippen LogP contribution is -2.09. The molecular weight excluding hydrogens is 326 g/mol. The van der Waals surface area contributed by atoms with Gasteiger partial charge in [0.05, 0.1) is 12.3 Å². The Morgan fingerprint density at radius 1 is 1.25 bits per heavy atom. The van der Waals surface area contributed by atoms with Crippen molar-refractivity contribution in [3.63, 3.8) is 0 Å². The summed E-state index contributed by atoms with van der Waals surface area (Å²) in [5, 5.41) is 0. The Kier molecular flexibility index (Phi) is 5.33. The fourth-order valence-corrected chi connectivity index (χ4v) is 1.98. The highest BCUT2D eigenvalue weighted by Gasteiger charge is 2.33. The molecule has 0 atom stereocenters. The summed E-state index contributed by atoms with van der Waals surface area (Å²) in [6, 6.07) is 7.02. The van der Waals surface area contributed by atoms with Crippen molar-refractivity contribution in [2.24, 2.45) is 0 Å². The molecule has 0 bridgehead atoms. The molecule has 0 unspecified atom stereocenters. The average Bonchev–Trinajstić information content (AvgIpc) is 2.52. The molecule has 0 N–H and O–H groups in total. The number of aromatic nitrogens is 1. The van der Waals surface area contributed by atoms with E-state index >= 15 is 0 Å². The van der Waals surface area contributed by atoms with Gasteiger partial charge < -0.3 is 4.74 Å². The van der Waals surface area contributed by atoms with Gasteiger partial charge in [0.2, 0.25) is 0 Å². The molecular formula is C17H13F4NO2. The third-order valence-electron chi connectivity index (χ3n) is 3.00. The third kappa shape index (κ3) is 4.41. The number of alkyl halides is 3. The molecule has 0 saturated carbocycles. The molecule has 0 fully saturated rings. The van der Waals surface area contributed by atoms with Crippen LogP contribution in [-0.4, -0.2) is 17.6 Å². The van der Waals surface area contributed by atoms with Gasteiger partial charge in [0.15, 0.2) is 0 Å². The minimum Gasteiger partial charge on any atom is -0.463 e. The Morgan fingerprint density at radius 3 is 2.62 bits per heavy atom. The maximum atomic E-state index is 13.4. The Morgan fingerprint density at radius 2 is 2.00 bits per heavy atom. The summed E-state index contributed by atoms with van der Waals surface area (Å²) in [4.78, 5) is 15.0. The van der Waals surface area contributed by atoms with Crippen LogP contribution in [0.5, 0.6) is 0 Å². The summed E-state index contributed by atoms with van der Waals surface area (Å²) >= 11 is 0. The second-order valence-electron chi connectivity index (χ2n) is 4.73. The fraction of sp³-hybridized carbons (Fsp3) is 0.176. The van der Waals surface area contributed by atoms with Crippen molar-refractivity contribution >= 4 is 12.0 Å². The topological polar surface area (TPSA) is 39.2 Å². The van der Waals surface area contributed by atoms with Crippen LogP contribution in [0.4, 0.5) is 17.6 Å². The van der Waals surface area contributed by atoms with E-state index in [-0.39, 0.29) is 23.4 Å². The van der Waals surface area contributed by atoms with E-state index in [4.69, 9.17) is 4.74 Å². The number of halogens is 4. The molecule has 2 rings (SSSR count). The number of pyridine rings is 1. The number of ether oxygens (including phenoxy) is 1. The van der Waals surface area contributed by atoms with Crippen molar-refractivity contribution < 1.29 is 27.1 Å². The highest BCUT2D eigenvalue weighted by Crippen LogP contribution is 2.31. The van der Waals surface area contributed by atoms with Crippen LogP contribution in [0.1, 0.15) is 18.2 Å². The van der Waals surface area contributed by atoms with Gasteiger partial charge in [-0.3, -0.25) is 0 Å². The van der Waals surface area contributed by atoms with E-state index in [2.05, 4.69) is 4.98 Å². The van der Waals surface area contributed by atoms with Gasteiger partial charge in [-0.25, -0.2) is 14.2 Å². The van der Waals surface area contributed by atoms with Crippen molar-refractivity contribution in [3.8, 4) is 11.3 Å². The first kappa shape index (κ1) is 17.7. The van der Waals surface area contributed by atoms with Crippen LogP contribution >= 0.6 is 0 Å². The number of carbonyl (C=O) groups is 1. The van der Waals surface area contributed by atoms with E-state index in [0.717, 1.165) is 18.2 Å². The van der Waals surface area contributed by atoms with Gasteiger partial charge in [-0.15, -0.1) is 0 Å². The van der Waals surface area contributed by atoms with E-state index in [0.29, 0.717) is 0 Å². The van der Waals surface area contributed by atoms with Crippen LogP contribution in [0.3, 0.4) is 0 Å². The Bertz CT molecular complexity index is 769. The first-order chi connectivity index (χ1) is 11.3. The first-order valence-corrected chi connectivity index (χ1v) is 7.00. The second kappa shape index (κ2) is 7.25. The van der Waals surface area contributed by atoms with Crippen LogP contribution in [0.2, 0.25) is 0 Å². The number of nitrogens with zero attached hydrogens (tertiary/aromatic N) is 1. The number of rotatable bonds is 4. The molecule has 0 spiro atoms. The lowest BCUT2D eigenvalue weighted by atomic mass is 10.0. The molecule has 0 radical (unpaired) electrons. The molecule has 1 heterocycles. The van der Waals surface area contributed by atoms with Crippen molar-refractivity contribution in [2.75, 3.05) is 6.61 Å². The Hall–Kier alpha value is -2.70. The molecule has 0 aliphatic carbocycles. The molecule has 0 amide bonds. The number of hydrogen-bond acceptors (Lipinski definition) is 3. The van der Waals surface area contributed by atoms with Crippen molar-refractivity contribution in [3.05, 3.63) is 59.5 Å². The largest absolute Gasteiger partial charge is 0.463 e. The SMILES string of the molecule is CCOC(=O)/C=C/c1ccc(C(F)(F)F)nc1-c1cccc(F)c1. The zero-order chi connectivity index (χ0) is 17.7. The van der Waals surface area contributed by atoms with E-state index in [9.17, 15) is 22.4 Å². The monoisotopic (exact) mass is 339 g/mol. The molecule has 0 aliphatic heterocycles. The summed E-state index contributed by atoms with van der Waals surface area (Å²) in [5.41, 5.74) is -0.772. The maximum Gasteiger partial charge on any atom is 0.433 e. The van der Waals surface area contributed by atoms with E-state index in [1.54, 1.807) is 6.92 Å². The summed E-state index contributed by atoms with van der Waals surface area (Å²) in [6.07, 6.45) is -2.27. The molecule has 3 nitrogen and oxygen atoms in total. The molecule has 0 saturated heterocycles. The molecule has 126 valence electrons. The molecule has 7 heteroatoms. The fourth-order valence-electron chi connectivity index (χ4n) is 1.98. The van der Waals surface area contributed by atoms with Crippen molar-refractivity contribution in [2.45, 2.75) is 13.1 Å². The van der Waals surface area contributed by atoms with Gasteiger partial charge in [0.25, 0.3) is 0 Å². The molecule has 2 aromatic rings. The zero-order valence-electron chi connectivity index (χ0n) is 12.6. The average molecular weight is 339 g/mol. The number of hydrogen-bond donors (Lipinski definition) is 0. The van der Waals surface area contributed by atoms with Crippen molar-refractivity contribution in [1.82, 2.24) is 4.98 Å². The minimum absolute atomic E-state index is 0.0788. The van der Waals surface area contributed by atoms with Crippen LogP contribution in [0.25, 0.3) is 17.3 Å². The van der Waals surface area contributed by atoms with Gasteiger partial charge in [-0.2, -0.15) is 13.2 Å². The van der Waals surface area contributed by atoms with Crippen LogP contribution in [-0.2, 0) is 15.7 Å². The molecule has 24 heavy (non-hydrogen) atoms. The lowest BCUT2D eigenvalue weighted by Gasteiger charge is -2.11. The summed E-state index contributed by atoms with van der Waals surface area (Å²) in [6.45, 7) is 1.80. The van der Waals surface area contributed by atoms with E-state index in [1.165, 1.54) is 30.3 Å². The van der Waals surface area contributed by atoms with Crippen LogP contribution in [0, 0.1) is 5.82 Å². The Balaban J connectivity index is 2.52. The van der Waals surface area contributed by atoms with Gasteiger partial charge in [0.1, 0.15) is 11.5 Å². The number of esters is 1. The first-order valence-electron chi connectivity index (χ1n) is 7.00. The van der Waals surface area contributed by atoms with E-state index in [1.807, 2.05) is 0 Å². The zero-order valence-corrected chi connectivity index (χ0v) is 12.6. The number of carbonyl (C=O) groups excluding carboxylic acids is 1. The van der Waals surface area contributed by atoms with E-state index < -0.39 is 23.7 Å². The molecule has 1 aromatic heterocycles. The predicted molar refractivity (Wildman–Crippen MR) is 80.3 cm³/mol. The minimum atomic E-state index is -4.63. The van der Waals surface area contributed by atoms with Gasteiger partial charge in [-0.1, -0.05) is 18.2 Å². The Labute approximate surface area is 135 Å². The summed E-state index contributed by atoms with van der Waals surface area (Å²) in [7, 11) is 0. The third-order valence-corrected chi connectivity index (χ3v) is 3.00. The normalized spacial score (nSPS) is 11.7. The highest BCUT2D eigenvalue weighted by molar-refractivity contribution is 5.88. The smallest absolute Gasteiger partial charge is 0.433 e. The summed E-state index contributed by atoms with van der Waals surface area (Å²) in [5.74, 6) is -1.24.